The smallest absolute Gasteiger partial charge is 0.137 e. The van der Waals surface area contributed by atoms with Crippen LogP contribution in [0.5, 0.6) is 0 Å². The second-order valence-corrected chi connectivity index (χ2v) is 3.42. The van der Waals surface area contributed by atoms with Crippen molar-refractivity contribution in [2.45, 2.75) is 6.42 Å². The highest BCUT2D eigenvalue weighted by Crippen LogP contribution is 2.16. The van der Waals surface area contributed by atoms with Crippen molar-refractivity contribution < 1.29 is 4.39 Å². The minimum absolute atomic E-state index is 0.229. The van der Waals surface area contributed by atoms with Crippen LogP contribution >= 0.6 is 27.5 Å². The van der Waals surface area contributed by atoms with Gasteiger partial charge in [0.15, 0.2) is 0 Å². The third kappa shape index (κ3) is 2.46. The topological polar surface area (TPSA) is 0 Å². The summed E-state index contributed by atoms with van der Waals surface area (Å²) in [5, 5.41) is 0. The number of aryl methyl sites for hydroxylation is 1. The molecule has 60 valence electrons. The van der Waals surface area contributed by atoms with Crippen molar-refractivity contribution in [1.29, 1.82) is 0 Å². The van der Waals surface area contributed by atoms with E-state index in [1.165, 1.54) is 6.07 Å². The predicted octanol–water partition coefficient (Wildman–Crippen LogP) is 3.37. The monoisotopic (exact) mass is 236 g/mol. The molecule has 0 aliphatic rings. The van der Waals surface area contributed by atoms with Crippen molar-refractivity contribution >= 4 is 27.5 Å². The maximum atomic E-state index is 12.8. The van der Waals surface area contributed by atoms with Crippen molar-refractivity contribution in [3.63, 3.8) is 0 Å². The van der Waals surface area contributed by atoms with Crippen molar-refractivity contribution in [3.05, 3.63) is 34.1 Å². The lowest BCUT2D eigenvalue weighted by molar-refractivity contribution is 0.619. The summed E-state index contributed by atoms with van der Waals surface area (Å²) in [6.07, 6.45) is 0.714. The fourth-order valence-corrected chi connectivity index (χ4v) is 1.27. The number of rotatable bonds is 2. The van der Waals surface area contributed by atoms with Crippen LogP contribution in [0.3, 0.4) is 0 Å². The maximum absolute atomic E-state index is 12.8. The Bertz CT molecular complexity index is 250. The molecule has 0 bridgehead atoms. The summed E-state index contributed by atoms with van der Waals surface area (Å²) >= 11 is 8.57. The van der Waals surface area contributed by atoms with Gasteiger partial charge in [0.1, 0.15) is 5.82 Å². The molecule has 0 aromatic heterocycles. The number of halogens is 3. The summed E-state index contributed by atoms with van der Waals surface area (Å²) in [6.45, 7) is 0. The van der Waals surface area contributed by atoms with E-state index in [9.17, 15) is 4.39 Å². The lowest BCUT2D eigenvalue weighted by Crippen LogP contribution is -1.87. The first-order valence-electron chi connectivity index (χ1n) is 3.24. The molecule has 0 atom stereocenters. The molecule has 0 spiro atoms. The fourth-order valence-electron chi connectivity index (χ4n) is 0.804. The van der Waals surface area contributed by atoms with E-state index in [0.29, 0.717) is 16.8 Å². The molecule has 0 fully saturated rings. The van der Waals surface area contributed by atoms with E-state index >= 15 is 0 Å². The molecule has 0 amide bonds. The van der Waals surface area contributed by atoms with Gasteiger partial charge in [-0.3, -0.25) is 0 Å². The van der Waals surface area contributed by atoms with Crippen LogP contribution in [-0.2, 0) is 6.42 Å². The van der Waals surface area contributed by atoms with Gasteiger partial charge in [-0.15, -0.1) is 11.6 Å². The molecular formula is C8H7BrClF. The Morgan fingerprint density at radius 2 is 2.18 bits per heavy atom. The number of alkyl halides is 1. The van der Waals surface area contributed by atoms with E-state index in [4.69, 9.17) is 11.6 Å². The maximum Gasteiger partial charge on any atom is 0.137 e. The molecule has 1 aromatic carbocycles. The Hall–Kier alpha value is -0.0800. The largest absolute Gasteiger partial charge is 0.206 e. The Labute approximate surface area is 78.5 Å². The first-order valence-corrected chi connectivity index (χ1v) is 4.56. The second kappa shape index (κ2) is 4.07. The minimum atomic E-state index is -0.229. The fraction of sp³-hybridized carbons (Fsp3) is 0.250. The van der Waals surface area contributed by atoms with Crippen LogP contribution in [0.4, 0.5) is 4.39 Å². The molecule has 0 saturated carbocycles. The van der Waals surface area contributed by atoms with E-state index < -0.39 is 0 Å². The lowest BCUT2D eigenvalue weighted by atomic mass is 10.2. The third-order valence-electron chi connectivity index (χ3n) is 1.37. The molecule has 1 aromatic rings. The summed E-state index contributed by atoms with van der Waals surface area (Å²) < 4.78 is 13.3. The molecule has 3 heteroatoms. The zero-order valence-corrected chi connectivity index (χ0v) is 8.12. The van der Waals surface area contributed by atoms with Crippen LogP contribution in [0.25, 0.3) is 0 Å². The van der Waals surface area contributed by atoms with Gasteiger partial charge in [0.05, 0.1) is 4.47 Å². The zero-order chi connectivity index (χ0) is 8.27. The quantitative estimate of drug-likeness (QED) is 0.692. The molecule has 0 nitrogen and oxygen atoms in total. The van der Waals surface area contributed by atoms with Crippen LogP contribution in [0.1, 0.15) is 5.56 Å². The number of hydrogen-bond acceptors (Lipinski definition) is 0. The molecule has 0 radical (unpaired) electrons. The highest BCUT2D eigenvalue weighted by molar-refractivity contribution is 9.10. The predicted molar refractivity (Wildman–Crippen MR) is 48.5 cm³/mol. The average Bonchev–Trinajstić information content (AvgIpc) is 1.98. The Kier molecular flexibility index (Phi) is 3.34. The lowest BCUT2D eigenvalue weighted by Gasteiger charge is -1.98. The van der Waals surface area contributed by atoms with Crippen LogP contribution < -0.4 is 0 Å². The molecular weight excluding hydrogens is 230 g/mol. The van der Waals surface area contributed by atoms with Gasteiger partial charge in [0.2, 0.25) is 0 Å². The van der Waals surface area contributed by atoms with Crippen LogP contribution in [0, 0.1) is 5.82 Å². The van der Waals surface area contributed by atoms with Crippen molar-refractivity contribution in [2.75, 3.05) is 5.88 Å². The van der Waals surface area contributed by atoms with Gasteiger partial charge >= 0.3 is 0 Å². The summed E-state index contributed by atoms with van der Waals surface area (Å²) in [5.74, 6) is 0.300. The summed E-state index contributed by atoms with van der Waals surface area (Å²) in [7, 11) is 0. The standard InChI is InChI=1S/C8H7BrClF/c9-7-2-1-6(3-4-10)5-8(7)11/h1-2,5H,3-4H2. The highest BCUT2D eigenvalue weighted by atomic mass is 79.9. The Morgan fingerprint density at radius 1 is 1.45 bits per heavy atom. The number of hydrogen-bond donors (Lipinski definition) is 0. The van der Waals surface area contributed by atoms with Crippen LogP contribution in [0.2, 0.25) is 0 Å². The summed E-state index contributed by atoms with van der Waals surface area (Å²) in [4.78, 5) is 0. The number of benzene rings is 1. The van der Waals surface area contributed by atoms with Gasteiger partial charge in [-0.25, -0.2) is 4.39 Å². The van der Waals surface area contributed by atoms with Crippen molar-refractivity contribution in [2.24, 2.45) is 0 Å². The molecule has 0 unspecified atom stereocenters. The minimum Gasteiger partial charge on any atom is -0.206 e. The van der Waals surface area contributed by atoms with E-state index in [-0.39, 0.29) is 5.82 Å². The Balaban J connectivity index is 2.86. The van der Waals surface area contributed by atoms with Gasteiger partial charge in [-0.05, 0) is 40.0 Å². The SMILES string of the molecule is Fc1cc(CCCl)ccc1Br. The summed E-state index contributed by atoms with van der Waals surface area (Å²) in [6, 6.07) is 5.04. The molecule has 1 rings (SSSR count). The van der Waals surface area contributed by atoms with Gasteiger partial charge in [0, 0.05) is 5.88 Å². The normalized spacial score (nSPS) is 10.1. The molecule has 0 saturated heterocycles. The summed E-state index contributed by atoms with van der Waals surface area (Å²) in [5.41, 5.74) is 0.931. The van der Waals surface area contributed by atoms with Gasteiger partial charge in [-0.2, -0.15) is 0 Å². The van der Waals surface area contributed by atoms with Crippen LogP contribution in [-0.4, -0.2) is 5.88 Å². The third-order valence-corrected chi connectivity index (χ3v) is 2.20. The van der Waals surface area contributed by atoms with Gasteiger partial charge in [-0.1, -0.05) is 6.07 Å². The molecule has 0 N–H and O–H groups in total. The molecule has 0 aliphatic heterocycles. The Morgan fingerprint density at radius 3 is 2.73 bits per heavy atom. The van der Waals surface area contributed by atoms with E-state index in [0.717, 1.165) is 5.56 Å². The van der Waals surface area contributed by atoms with Gasteiger partial charge < -0.3 is 0 Å². The van der Waals surface area contributed by atoms with Crippen LogP contribution in [0.15, 0.2) is 22.7 Å². The van der Waals surface area contributed by atoms with Gasteiger partial charge in [0.25, 0.3) is 0 Å². The second-order valence-electron chi connectivity index (χ2n) is 2.19. The first-order chi connectivity index (χ1) is 5.24. The van der Waals surface area contributed by atoms with Crippen molar-refractivity contribution in [3.8, 4) is 0 Å². The first kappa shape index (κ1) is 9.01. The zero-order valence-electron chi connectivity index (χ0n) is 5.78. The molecule has 0 heterocycles. The average molecular weight is 237 g/mol. The molecule has 0 aliphatic carbocycles. The van der Waals surface area contributed by atoms with Crippen molar-refractivity contribution in [1.82, 2.24) is 0 Å². The molecule has 11 heavy (non-hydrogen) atoms. The van der Waals surface area contributed by atoms with E-state index in [1.54, 1.807) is 6.07 Å². The van der Waals surface area contributed by atoms with E-state index in [2.05, 4.69) is 15.9 Å². The highest BCUT2D eigenvalue weighted by Gasteiger charge is 1.98. The van der Waals surface area contributed by atoms with E-state index in [1.807, 2.05) is 6.07 Å².